The first-order chi connectivity index (χ1) is 10.6. The Balaban J connectivity index is 1.64. The van der Waals surface area contributed by atoms with Crippen LogP contribution in [0.1, 0.15) is 22.8 Å². The van der Waals surface area contributed by atoms with Crippen molar-refractivity contribution in [2.75, 3.05) is 19.6 Å². The lowest BCUT2D eigenvalue weighted by Crippen LogP contribution is -2.47. The summed E-state index contributed by atoms with van der Waals surface area (Å²) in [6.07, 6.45) is 0.496. The zero-order valence-corrected chi connectivity index (χ0v) is 12.3. The molecule has 1 fully saturated rings. The van der Waals surface area contributed by atoms with E-state index < -0.39 is 0 Å². The largest absolute Gasteiger partial charge is 0.354 e. The number of carbonyl (C=O) groups excluding carboxylic acids is 1. The van der Waals surface area contributed by atoms with E-state index in [0.29, 0.717) is 37.8 Å². The van der Waals surface area contributed by atoms with Crippen molar-refractivity contribution >= 4 is 5.91 Å². The van der Waals surface area contributed by atoms with Gasteiger partial charge in [-0.25, -0.2) is 4.39 Å². The smallest absolute Gasteiger partial charge is 0.240 e. The Morgan fingerprint density at radius 3 is 3.09 bits per heavy atom. The standard InChI is InChI=1S/C15H17FN4O2/c1-10-6-12(16)3-2-11(10)7-13-18-15(22-19-13)9-20-5-4-17-14(21)8-20/h2-3,6H,4-5,7-9H2,1H3,(H,17,21). The molecule has 0 atom stereocenters. The Hall–Kier alpha value is -2.28. The fourth-order valence-corrected chi connectivity index (χ4v) is 2.47. The van der Waals surface area contributed by atoms with Crippen LogP contribution in [-0.4, -0.2) is 40.6 Å². The SMILES string of the molecule is Cc1cc(F)ccc1Cc1noc(CN2CCNC(=O)C2)n1. The average Bonchev–Trinajstić information content (AvgIpc) is 2.89. The van der Waals surface area contributed by atoms with E-state index in [2.05, 4.69) is 15.5 Å². The summed E-state index contributed by atoms with van der Waals surface area (Å²) in [5.41, 5.74) is 1.82. The summed E-state index contributed by atoms with van der Waals surface area (Å²) in [6.45, 7) is 4.05. The van der Waals surface area contributed by atoms with Gasteiger partial charge in [0.25, 0.3) is 0 Å². The minimum atomic E-state index is -0.251. The molecule has 116 valence electrons. The van der Waals surface area contributed by atoms with Crippen molar-refractivity contribution < 1.29 is 13.7 Å². The van der Waals surface area contributed by atoms with Gasteiger partial charge in [-0.3, -0.25) is 9.69 Å². The van der Waals surface area contributed by atoms with Gasteiger partial charge in [0.2, 0.25) is 11.8 Å². The molecule has 2 aromatic rings. The van der Waals surface area contributed by atoms with Gasteiger partial charge in [0.15, 0.2) is 5.82 Å². The Morgan fingerprint density at radius 1 is 1.45 bits per heavy atom. The Labute approximate surface area is 127 Å². The van der Waals surface area contributed by atoms with Crippen molar-refractivity contribution in [2.45, 2.75) is 19.9 Å². The van der Waals surface area contributed by atoms with E-state index in [9.17, 15) is 9.18 Å². The number of nitrogens with one attached hydrogen (secondary N) is 1. The summed E-state index contributed by atoms with van der Waals surface area (Å²) in [6, 6.07) is 4.65. The number of piperazine rings is 1. The van der Waals surface area contributed by atoms with Crippen LogP contribution in [0, 0.1) is 12.7 Å². The van der Waals surface area contributed by atoms with Gasteiger partial charge in [0, 0.05) is 19.5 Å². The van der Waals surface area contributed by atoms with Crippen molar-refractivity contribution in [3.8, 4) is 0 Å². The quantitative estimate of drug-likeness (QED) is 0.914. The normalized spacial score (nSPS) is 15.8. The predicted octanol–water partition coefficient (Wildman–Crippen LogP) is 1.04. The molecule has 1 N–H and O–H groups in total. The van der Waals surface area contributed by atoms with Gasteiger partial charge in [0.1, 0.15) is 5.82 Å². The number of nitrogens with zero attached hydrogens (tertiary/aromatic N) is 3. The maximum Gasteiger partial charge on any atom is 0.240 e. The highest BCUT2D eigenvalue weighted by atomic mass is 19.1. The highest BCUT2D eigenvalue weighted by Gasteiger charge is 2.19. The van der Waals surface area contributed by atoms with Crippen LogP contribution < -0.4 is 5.32 Å². The van der Waals surface area contributed by atoms with Crippen molar-refractivity contribution in [1.29, 1.82) is 0 Å². The van der Waals surface area contributed by atoms with Crippen LogP contribution in [-0.2, 0) is 17.8 Å². The van der Waals surface area contributed by atoms with Crippen LogP contribution >= 0.6 is 0 Å². The van der Waals surface area contributed by atoms with Gasteiger partial charge in [-0.15, -0.1) is 0 Å². The number of aromatic nitrogens is 2. The minimum Gasteiger partial charge on any atom is -0.354 e. The number of halogens is 1. The third-order valence-corrected chi connectivity index (χ3v) is 3.64. The molecule has 1 aromatic heterocycles. The van der Waals surface area contributed by atoms with E-state index in [0.717, 1.165) is 17.7 Å². The molecule has 0 spiro atoms. The van der Waals surface area contributed by atoms with Crippen LogP contribution in [0.4, 0.5) is 4.39 Å². The summed E-state index contributed by atoms with van der Waals surface area (Å²) in [7, 11) is 0. The lowest BCUT2D eigenvalue weighted by Gasteiger charge is -2.24. The molecular formula is C15H17FN4O2. The van der Waals surface area contributed by atoms with Gasteiger partial charge in [0.05, 0.1) is 13.1 Å². The van der Waals surface area contributed by atoms with E-state index in [1.807, 2.05) is 11.8 Å². The number of carbonyl (C=O) groups is 1. The molecule has 3 rings (SSSR count). The van der Waals surface area contributed by atoms with Gasteiger partial charge in [-0.2, -0.15) is 4.98 Å². The van der Waals surface area contributed by atoms with E-state index in [1.54, 1.807) is 6.07 Å². The van der Waals surface area contributed by atoms with E-state index in [-0.39, 0.29) is 11.7 Å². The molecule has 0 aliphatic carbocycles. The number of aryl methyl sites for hydroxylation is 1. The average molecular weight is 304 g/mol. The van der Waals surface area contributed by atoms with Crippen molar-refractivity contribution in [2.24, 2.45) is 0 Å². The van der Waals surface area contributed by atoms with Gasteiger partial charge < -0.3 is 9.84 Å². The third kappa shape index (κ3) is 3.48. The number of hydrogen-bond donors (Lipinski definition) is 1. The molecule has 1 aromatic carbocycles. The molecule has 0 bridgehead atoms. The van der Waals surface area contributed by atoms with E-state index >= 15 is 0 Å². The van der Waals surface area contributed by atoms with Crippen LogP contribution in [0.15, 0.2) is 22.7 Å². The lowest BCUT2D eigenvalue weighted by molar-refractivity contribution is -0.124. The van der Waals surface area contributed by atoms with E-state index in [1.165, 1.54) is 12.1 Å². The Kier molecular flexibility index (Phi) is 4.15. The Bertz CT molecular complexity index is 686. The molecule has 1 aliphatic rings. The summed E-state index contributed by atoms with van der Waals surface area (Å²) in [5, 5.41) is 6.72. The molecule has 1 saturated heterocycles. The second-order valence-corrected chi connectivity index (χ2v) is 5.41. The van der Waals surface area contributed by atoms with Gasteiger partial charge in [-0.05, 0) is 30.2 Å². The number of rotatable bonds is 4. The first kappa shape index (κ1) is 14.6. The van der Waals surface area contributed by atoms with Gasteiger partial charge >= 0.3 is 0 Å². The van der Waals surface area contributed by atoms with Crippen LogP contribution in [0.5, 0.6) is 0 Å². The summed E-state index contributed by atoms with van der Waals surface area (Å²) in [4.78, 5) is 17.6. The Morgan fingerprint density at radius 2 is 2.32 bits per heavy atom. The highest BCUT2D eigenvalue weighted by Crippen LogP contribution is 2.14. The molecule has 2 heterocycles. The first-order valence-electron chi connectivity index (χ1n) is 7.16. The van der Waals surface area contributed by atoms with Crippen LogP contribution in [0.2, 0.25) is 0 Å². The summed E-state index contributed by atoms with van der Waals surface area (Å²) in [5.74, 6) is 0.807. The monoisotopic (exact) mass is 304 g/mol. The number of amides is 1. The third-order valence-electron chi connectivity index (χ3n) is 3.64. The maximum absolute atomic E-state index is 13.1. The lowest BCUT2D eigenvalue weighted by atomic mass is 10.1. The second kappa shape index (κ2) is 6.23. The van der Waals surface area contributed by atoms with E-state index in [4.69, 9.17) is 4.52 Å². The van der Waals surface area contributed by atoms with Crippen molar-refractivity contribution in [3.63, 3.8) is 0 Å². The predicted molar refractivity (Wildman–Crippen MR) is 76.5 cm³/mol. The molecule has 6 nitrogen and oxygen atoms in total. The molecule has 0 unspecified atom stereocenters. The summed E-state index contributed by atoms with van der Waals surface area (Å²) < 4.78 is 18.3. The molecule has 0 saturated carbocycles. The molecule has 7 heteroatoms. The molecule has 22 heavy (non-hydrogen) atoms. The van der Waals surface area contributed by atoms with Crippen LogP contribution in [0.3, 0.4) is 0 Å². The van der Waals surface area contributed by atoms with Crippen molar-refractivity contribution in [3.05, 3.63) is 46.9 Å². The number of benzene rings is 1. The first-order valence-corrected chi connectivity index (χ1v) is 7.16. The highest BCUT2D eigenvalue weighted by molar-refractivity contribution is 5.78. The fourth-order valence-electron chi connectivity index (χ4n) is 2.47. The van der Waals surface area contributed by atoms with Crippen LogP contribution in [0.25, 0.3) is 0 Å². The topological polar surface area (TPSA) is 71.3 Å². The second-order valence-electron chi connectivity index (χ2n) is 5.41. The molecular weight excluding hydrogens is 287 g/mol. The number of hydrogen-bond acceptors (Lipinski definition) is 5. The van der Waals surface area contributed by atoms with Gasteiger partial charge in [-0.1, -0.05) is 11.2 Å². The molecule has 1 aliphatic heterocycles. The maximum atomic E-state index is 13.1. The zero-order valence-electron chi connectivity index (χ0n) is 12.3. The molecule has 1 amide bonds. The zero-order chi connectivity index (χ0) is 15.5. The summed E-state index contributed by atoms with van der Waals surface area (Å²) >= 11 is 0. The molecule has 0 radical (unpaired) electrons. The van der Waals surface area contributed by atoms with Crippen molar-refractivity contribution in [1.82, 2.24) is 20.4 Å². The minimum absolute atomic E-state index is 0.00734. The fraction of sp³-hybridized carbons (Fsp3) is 0.400.